The summed E-state index contributed by atoms with van der Waals surface area (Å²) in [7, 11) is 1.77. The largest absolute Gasteiger partial charge is 0.441 e. The van der Waals surface area contributed by atoms with Crippen molar-refractivity contribution in [3.63, 3.8) is 0 Å². The van der Waals surface area contributed by atoms with Crippen LogP contribution in [-0.2, 0) is 24.8 Å². The maximum Gasteiger partial charge on any atom is 0.405 e. The first-order valence-electron chi connectivity index (χ1n) is 12.3. The number of halogens is 1. The van der Waals surface area contributed by atoms with E-state index in [-0.39, 0.29) is 17.1 Å². The van der Waals surface area contributed by atoms with Crippen LogP contribution < -0.4 is 16.2 Å². The molecule has 6 rings (SSSR count). The van der Waals surface area contributed by atoms with Gasteiger partial charge in [0.25, 0.3) is 5.56 Å². The second kappa shape index (κ2) is 9.16. The van der Waals surface area contributed by atoms with E-state index in [0.29, 0.717) is 40.3 Å². The topological polar surface area (TPSA) is 108 Å². The quantitative estimate of drug-likeness (QED) is 0.353. The minimum absolute atomic E-state index is 0.104. The second-order valence-electron chi connectivity index (χ2n) is 9.95. The zero-order valence-corrected chi connectivity index (χ0v) is 22.6. The molecule has 1 spiro atoms. The third-order valence-corrected chi connectivity index (χ3v) is 8.55. The highest BCUT2D eigenvalue weighted by atomic mass is 127. The highest BCUT2D eigenvalue weighted by Gasteiger charge is 2.50. The number of nitrogens with two attached hydrogens (primary N) is 1. The van der Waals surface area contributed by atoms with Crippen LogP contribution in [0.1, 0.15) is 35.6 Å². The fraction of sp³-hybridized carbons (Fsp3) is 0.333. The summed E-state index contributed by atoms with van der Waals surface area (Å²) in [5.74, 6) is 0.626. The Balaban J connectivity index is 1.32. The minimum atomic E-state index is -0.751. The number of amides is 1. The molecule has 1 fully saturated rings. The third kappa shape index (κ3) is 4.07. The lowest BCUT2D eigenvalue weighted by atomic mass is 9.74. The molecule has 9 nitrogen and oxygen atoms in total. The number of piperidine rings is 1. The van der Waals surface area contributed by atoms with Crippen molar-refractivity contribution in [2.75, 3.05) is 18.0 Å². The van der Waals surface area contributed by atoms with Crippen molar-refractivity contribution in [2.24, 2.45) is 18.2 Å². The van der Waals surface area contributed by atoms with Crippen LogP contribution in [0.15, 0.2) is 59.4 Å². The molecule has 1 amide bonds. The van der Waals surface area contributed by atoms with E-state index in [1.807, 2.05) is 53.2 Å². The number of carbonyl (C=O) groups excluding carboxylic acids is 1. The zero-order chi connectivity index (χ0) is 25.7. The Labute approximate surface area is 227 Å². The number of carbonyl (C=O) groups is 1. The summed E-state index contributed by atoms with van der Waals surface area (Å²) in [6.07, 6.45) is 1.29. The van der Waals surface area contributed by atoms with Crippen LogP contribution >= 0.6 is 22.6 Å². The molecule has 1 atom stereocenters. The van der Waals surface area contributed by atoms with Crippen molar-refractivity contribution < 1.29 is 9.53 Å². The van der Waals surface area contributed by atoms with Gasteiger partial charge in [-0.3, -0.25) is 9.36 Å². The van der Waals surface area contributed by atoms with Crippen molar-refractivity contribution in [3.8, 4) is 0 Å². The molecule has 1 aliphatic heterocycles. The predicted octanol–water partition coefficient (Wildman–Crippen LogP) is 3.76. The molecule has 1 unspecified atom stereocenters. The SMILES string of the molecule is Cn1c(N2CCC3(CC2)Cc2ccccc2C3OC(N)=O)nc2c(c(I)nn2Cc2ccccc2)c1=O. The second-order valence-corrected chi connectivity index (χ2v) is 11.0. The standard InChI is InChI=1S/C27H27IN6O3/c1-32-24(35)20-22(28)31-34(16-17-7-3-2-4-8-17)23(20)30-26(32)33-13-11-27(12-14-33)15-18-9-5-6-10-19(18)21(27)37-25(29)36/h2-10,21H,11-16H2,1H3,(H2,29,36). The van der Waals surface area contributed by atoms with Crippen molar-refractivity contribution in [1.82, 2.24) is 19.3 Å². The number of fused-ring (bicyclic) bond motifs is 2. The summed E-state index contributed by atoms with van der Waals surface area (Å²) in [5, 5.41) is 5.18. The van der Waals surface area contributed by atoms with Crippen LogP contribution in [0.4, 0.5) is 10.7 Å². The van der Waals surface area contributed by atoms with Crippen LogP contribution in [0.3, 0.4) is 0 Å². The van der Waals surface area contributed by atoms with Gasteiger partial charge in [-0.1, -0.05) is 54.6 Å². The van der Waals surface area contributed by atoms with Crippen LogP contribution in [0, 0.1) is 9.12 Å². The Morgan fingerprint density at radius 2 is 1.84 bits per heavy atom. The average Bonchev–Trinajstić information content (AvgIpc) is 3.36. The number of hydrogen-bond donors (Lipinski definition) is 1. The zero-order valence-electron chi connectivity index (χ0n) is 20.4. The van der Waals surface area contributed by atoms with Crippen LogP contribution in [-0.4, -0.2) is 38.5 Å². The van der Waals surface area contributed by atoms with Gasteiger partial charge in [-0.05, 0) is 58.5 Å². The molecule has 1 aliphatic carbocycles. The van der Waals surface area contributed by atoms with Gasteiger partial charge < -0.3 is 15.4 Å². The summed E-state index contributed by atoms with van der Waals surface area (Å²) >= 11 is 2.11. The van der Waals surface area contributed by atoms with Gasteiger partial charge in [0.15, 0.2) is 5.65 Å². The molecule has 0 bridgehead atoms. The summed E-state index contributed by atoms with van der Waals surface area (Å²) in [6, 6.07) is 18.1. The smallest absolute Gasteiger partial charge is 0.405 e. The molecule has 0 saturated carbocycles. The van der Waals surface area contributed by atoms with Crippen molar-refractivity contribution in [2.45, 2.75) is 31.9 Å². The van der Waals surface area contributed by atoms with Gasteiger partial charge in [0.05, 0.1) is 6.54 Å². The number of ether oxygens (including phenoxy) is 1. The van der Waals surface area contributed by atoms with Gasteiger partial charge in [-0.2, -0.15) is 10.1 Å². The van der Waals surface area contributed by atoms with Gasteiger partial charge in [0.1, 0.15) is 15.2 Å². The summed E-state index contributed by atoms with van der Waals surface area (Å²) < 4.78 is 9.77. The van der Waals surface area contributed by atoms with E-state index in [4.69, 9.17) is 15.5 Å². The lowest BCUT2D eigenvalue weighted by Crippen LogP contribution is -2.45. The Bertz CT molecular complexity index is 1560. The van der Waals surface area contributed by atoms with Gasteiger partial charge in [-0.15, -0.1) is 0 Å². The maximum atomic E-state index is 13.4. The molecule has 2 aliphatic rings. The molecule has 0 radical (unpaired) electrons. The molecular weight excluding hydrogens is 583 g/mol. The van der Waals surface area contributed by atoms with E-state index in [0.717, 1.165) is 30.4 Å². The highest BCUT2D eigenvalue weighted by Crippen LogP contribution is 2.54. The van der Waals surface area contributed by atoms with E-state index < -0.39 is 6.09 Å². The summed E-state index contributed by atoms with van der Waals surface area (Å²) in [5.41, 5.74) is 9.07. The Morgan fingerprint density at radius 3 is 2.57 bits per heavy atom. The summed E-state index contributed by atoms with van der Waals surface area (Å²) in [6.45, 7) is 1.90. The van der Waals surface area contributed by atoms with Gasteiger partial charge >= 0.3 is 6.09 Å². The number of aromatic nitrogens is 4. The summed E-state index contributed by atoms with van der Waals surface area (Å²) in [4.78, 5) is 32.3. The van der Waals surface area contributed by atoms with Crippen molar-refractivity contribution in [1.29, 1.82) is 0 Å². The lowest BCUT2D eigenvalue weighted by Gasteiger charge is -2.43. The predicted molar refractivity (Wildman–Crippen MR) is 148 cm³/mol. The van der Waals surface area contributed by atoms with E-state index >= 15 is 0 Å². The minimum Gasteiger partial charge on any atom is -0.441 e. The number of benzene rings is 2. The number of hydrogen-bond acceptors (Lipinski definition) is 6. The van der Waals surface area contributed by atoms with Crippen molar-refractivity contribution in [3.05, 3.63) is 85.3 Å². The fourth-order valence-electron chi connectivity index (χ4n) is 5.95. The molecule has 3 heterocycles. The van der Waals surface area contributed by atoms with Crippen LogP contribution in [0.25, 0.3) is 11.0 Å². The Hall–Kier alpha value is -3.41. The monoisotopic (exact) mass is 610 g/mol. The van der Waals surface area contributed by atoms with Crippen LogP contribution in [0.2, 0.25) is 0 Å². The van der Waals surface area contributed by atoms with Gasteiger partial charge in [0.2, 0.25) is 5.95 Å². The molecular formula is C27H27IN6O3. The van der Waals surface area contributed by atoms with E-state index in [1.54, 1.807) is 11.6 Å². The molecule has 10 heteroatoms. The van der Waals surface area contributed by atoms with Crippen molar-refractivity contribution >= 4 is 45.7 Å². The van der Waals surface area contributed by atoms with Crippen LogP contribution in [0.5, 0.6) is 0 Å². The molecule has 2 aromatic heterocycles. The van der Waals surface area contributed by atoms with E-state index in [2.05, 4.69) is 38.7 Å². The lowest BCUT2D eigenvalue weighted by molar-refractivity contribution is 0.00403. The molecule has 4 aromatic rings. The first-order valence-corrected chi connectivity index (χ1v) is 13.4. The number of primary amides is 1. The Kier molecular flexibility index (Phi) is 5.93. The first-order chi connectivity index (χ1) is 17.9. The average molecular weight is 610 g/mol. The number of rotatable bonds is 4. The van der Waals surface area contributed by atoms with E-state index in [9.17, 15) is 9.59 Å². The first kappa shape index (κ1) is 24.0. The van der Waals surface area contributed by atoms with Gasteiger partial charge in [0, 0.05) is 25.6 Å². The third-order valence-electron chi connectivity index (χ3n) is 7.79. The number of anilines is 1. The maximum absolute atomic E-state index is 13.4. The molecule has 2 aromatic carbocycles. The normalized spacial score (nSPS) is 18.3. The Morgan fingerprint density at radius 1 is 1.14 bits per heavy atom. The van der Waals surface area contributed by atoms with E-state index in [1.165, 1.54) is 5.56 Å². The van der Waals surface area contributed by atoms with Gasteiger partial charge in [-0.25, -0.2) is 9.48 Å². The molecule has 190 valence electrons. The fourth-order valence-corrected chi connectivity index (χ4v) is 6.68. The molecule has 37 heavy (non-hydrogen) atoms. The highest BCUT2D eigenvalue weighted by molar-refractivity contribution is 14.1. The number of nitrogens with zero attached hydrogens (tertiary/aromatic N) is 5. The molecule has 1 saturated heterocycles. The molecule has 2 N–H and O–H groups in total.